The van der Waals surface area contributed by atoms with Gasteiger partial charge in [0.15, 0.2) is 17.5 Å². The SMILES string of the molecule is C=CCc1cc(CNC(=NC)NCC(=O)NC(C)(C)C)cc(OC)c1OC.I. The molecule has 1 amide bonds. The highest BCUT2D eigenvalue weighted by atomic mass is 127. The average Bonchev–Trinajstić information content (AvgIpc) is 2.60. The van der Waals surface area contributed by atoms with Crippen LogP contribution in [0.4, 0.5) is 0 Å². The Kier molecular flexibility index (Phi) is 11.6. The molecule has 0 fully saturated rings. The number of rotatable bonds is 8. The first-order valence-electron chi connectivity index (χ1n) is 8.84. The van der Waals surface area contributed by atoms with Crippen LogP contribution in [0.3, 0.4) is 0 Å². The molecule has 0 aliphatic heterocycles. The number of hydrogen-bond donors (Lipinski definition) is 3. The summed E-state index contributed by atoms with van der Waals surface area (Å²) in [6.45, 7) is 10.3. The number of nitrogens with zero attached hydrogens (tertiary/aromatic N) is 1. The fourth-order valence-corrected chi connectivity index (χ4v) is 2.55. The van der Waals surface area contributed by atoms with E-state index in [1.807, 2.05) is 39.0 Å². The van der Waals surface area contributed by atoms with Crippen molar-refractivity contribution in [3.8, 4) is 11.5 Å². The number of carbonyl (C=O) groups excluding carboxylic acids is 1. The van der Waals surface area contributed by atoms with E-state index in [1.165, 1.54) is 0 Å². The Morgan fingerprint density at radius 3 is 2.39 bits per heavy atom. The van der Waals surface area contributed by atoms with Gasteiger partial charge in [0.1, 0.15) is 0 Å². The summed E-state index contributed by atoms with van der Waals surface area (Å²) in [5, 5.41) is 9.10. The molecule has 0 aliphatic rings. The predicted molar refractivity (Wildman–Crippen MR) is 125 cm³/mol. The second kappa shape index (κ2) is 12.5. The molecule has 0 aliphatic carbocycles. The first-order valence-corrected chi connectivity index (χ1v) is 8.84. The summed E-state index contributed by atoms with van der Waals surface area (Å²) < 4.78 is 10.9. The smallest absolute Gasteiger partial charge is 0.239 e. The normalized spacial score (nSPS) is 11.1. The minimum Gasteiger partial charge on any atom is -0.493 e. The van der Waals surface area contributed by atoms with Crippen molar-refractivity contribution in [2.24, 2.45) is 4.99 Å². The van der Waals surface area contributed by atoms with Crippen LogP contribution in [0.1, 0.15) is 31.9 Å². The van der Waals surface area contributed by atoms with Crippen molar-refractivity contribution in [2.45, 2.75) is 39.3 Å². The Hall–Kier alpha value is -1.97. The molecule has 1 aromatic rings. The number of carbonyl (C=O) groups is 1. The third-order valence-electron chi connectivity index (χ3n) is 3.59. The lowest BCUT2D eigenvalue weighted by atomic mass is 10.1. The van der Waals surface area contributed by atoms with E-state index in [9.17, 15) is 4.79 Å². The van der Waals surface area contributed by atoms with Crippen molar-refractivity contribution < 1.29 is 14.3 Å². The first-order chi connectivity index (χ1) is 12.7. The highest BCUT2D eigenvalue weighted by molar-refractivity contribution is 14.0. The summed E-state index contributed by atoms with van der Waals surface area (Å²) in [6.07, 6.45) is 2.50. The number of allylic oxidation sites excluding steroid dienone is 1. The summed E-state index contributed by atoms with van der Waals surface area (Å²) in [5.41, 5.74) is 1.74. The second-order valence-corrected chi connectivity index (χ2v) is 7.06. The van der Waals surface area contributed by atoms with Gasteiger partial charge in [-0.1, -0.05) is 6.08 Å². The quantitative estimate of drug-likeness (QED) is 0.220. The van der Waals surface area contributed by atoms with Gasteiger partial charge < -0.3 is 25.4 Å². The predicted octanol–water partition coefficient (Wildman–Crippen LogP) is 2.63. The van der Waals surface area contributed by atoms with Crippen molar-refractivity contribution in [1.29, 1.82) is 0 Å². The molecule has 0 spiro atoms. The number of guanidine groups is 1. The molecule has 28 heavy (non-hydrogen) atoms. The Labute approximate surface area is 185 Å². The number of benzene rings is 1. The number of methoxy groups -OCH3 is 2. The van der Waals surface area contributed by atoms with Crippen LogP contribution in [0.25, 0.3) is 0 Å². The molecule has 8 heteroatoms. The molecule has 0 heterocycles. The van der Waals surface area contributed by atoms with Gasteiger partial charge in [-0.3, -0.25) is 9.79 Å². The van der Waals surface area contributed by atoms with E-state index in [0.29, 0.717) is 30.4 Å². The molecule has 0 unspecified atom stereocenters. The maximum atomic E-state index is 11.9. The Morgan fingerprint density at radius 1 is 1.21 bits per heavy atom. The summed E-state index contributed by atoms with van der Waals surface area (Å²) in [6, 6.07) is 3.95. The zero-order chi connectivity index (χ0) is 20.4. The van der Waals surface area contributed by atoms with Gasteiger partial charge in [0.25, 0.3) is 0 Å². The van der Waals surface area contributed by atoms with Gasteiger partial charge in [0, 0.05) is 24.7 Å². The topological polar surface area (TPSA) is 84.0 Å². The van der Waals surface area contributed by atoms with Crippen LogP contribution >= 0.6 is 24.0 Å². The van der Waals surface area contributed by atoms with Crippen LogP contribution in [0.5, 0.6) is 11.5 Å². The van der Waals surface area contributed by atoms with Crippen LogP contribution < -0.4 is 25.4 Å². The molecule has 1 rings (SSSR count). The zero-order valence-corrected chi connectivity index (χ0v) is 20.0. The van der Waals surface area contributed by atoms with E-state index >= 15 is 0 Å². The molecule has 3 N–H and O–H groups in total. The number of halogens is 1. The van der Waals surface area contributed by atoms with Crippen molar-refractivity contribution >= 4 is 35.8 Å². The van der Waals surface area contributed by atoms with Gasteiger partial charge in [0.05, 0.1) is 20.8 Å². The van der Waals surface area contributed by atoms with E-state index in [4.69, 9.17) is 9.47 Å². The van der Waals surface area contributed by atoms with Gasteiger partial charge in [-0.25, -0.2) is 0 Å². The van der Waals surface area contributed by atoms with E-state index in [2.05, 4.69) is 27.5 Å². The van der Waals surface area contributed by atoms with E-state index in [-0.39, 0.29) is 42.0 Å². The van der Waals surface area contributed by atoms with Gasteiger partial charge in [-0.2, -0.15) is 0 Å². The van der Waals surface area contributed by atoms with Gasteiger partial charge in [0.2, 0.25) is 5.91 Å². The van der Waals surface area contributed by atoms with Crippen molar-refractivity contribution in [3.63, 3.8) is 0 Å². The van der Waals surface area contributed by atoms with E-state index < -0.39 is 0 Å². The van der Waals surface area contributed by atoms with E-state index in [0.717, 1.165) is 11.1 Å². The monoisotopic (exact) mass is 504 g/mol. The number of aliphatic imine (C=N–C) groups is 1. The zero-order valence-electron chi connectivity index (χ0n) is 17.6. The summed E-state index contributed by atoms with van der Waals surface area (Å²) in [7, 11) is 4.90. The van der Waals surface area contributed by atoms with Gasteiger partial charge in [-0.15, -0.1) is 30.6 Å². The Morgan fingerprint density at radius 2 is 1.89 bits per heavy atom. The summed E-state index contributed by atoms with van der Waals surface area (Å²) in [4.78, 5) is 16.1. The maximum Gasteiger partial charge on any atom is 0.239 e. The molecular weight excluding hydrogens is 471 g/mol. The highest BCUT2D eigenvalue weighted by Crippen LogP contribution is 2.33. The van der Waals surface area contributed by atoms with Crippen LogP contribution in [-0.2, 0) is 17.8 Å². The summed E-state index contributed by atoms with van der Waals surface area (Å²) >= 11 is 0. The minimum absolute atomic E-state index is 0. The third-order valence-corrected chi connectivity index (χ3v) is 3.59. The van der Waals surface area contributed by atoms with E-state index in [1.54, 1.807) is 21.3 Å². The lowest BCUT2D eigenvalue weighted by Crippen LogP contribution is -2.48. The minimum atomic E-state index is -0.267. The molecule has 0 aromatic heterocycles. The molecule has 0 radical (unpaired) electrons. The van der Waals surface area contributed by atoms with Crippen molar-refractivity contribution in [1.82, 2.24) is 16.0 Å². The number of amides is 1. The highest BCUT2D eigenvalue weighted by Gasteiger charge is 2.14. The Balaban J connectivity index is 0.00000729. The number of hydrogen-bond acceptors (Lipinski definition) is 4. The molecule has 0 bridgehead atoms. The lowest BCUT2D eigenvalue weighted by Gasteiger charge is -2.21. The molecule has 158 valence electrons. The average molecular weight is 504 g/mol. The fourth-order valence-electron chi connectivity index (χ4n) is 2.55. The molecule has 1 aromatic carbocycles. The first kappa shape index (κ1) is 26.0. The second-order valence-electron chi connectivity index (χ2n) is 7.06. The molecule has 0 saturated heterocycles. The lowest BCUT2D eigenvalue weighted by molar-refractivity contribution is -0.121. The number of ether oxygens (including phenoxy) is 2. The molecule has 0 atom stereocenters. The van der Waals surface area contributed by atoms with Gasteiger partial charge >= 0.3 is 0 Å². The number of nitrogens with one attached hydrogen (secondary N) is 3. The fraction of sp³-hybridized carbons (Fsp3) is 0.500. The van der Waals surface area contributed by atoms with Gasteiger partial charge in [-0.05, 0) is 44.9 Å². The van der Waals surface area contributed by atoms with Crippen LogP contribution in [0.2, 0.25) is 0 Å². The molecule has 0 saturated carbocycles. The van der Waals surface area contributed by atoms with Crippen LogP contribution in [0.15, 0.2) is 29.8 Å². The van der Waals surface area contributed by atoms with Crippen LogP contribution in [0, 0.1) is 0 Å². The third kappa shape index (κ3) is 8.81. The maximum absolute atomic E-state index is 11.9. The van der Waals surface area contributed by atoms with Crippen molar-refractivity contribution in [3.05, 3.63) is 35.9 Å². The summed E-state index contributed by atoms with van der Waals surface area (Å²) in [5.74, 6) is 1.83. The Bertz CT molecular complexity index is 685. The van der Waals surface area contributed by atoms with Crippen LogP contribution in [-0.4, -0.2) is 45.2 Å². The molecule has 7 nitrogen and oxygen atoms in total. The largest absolute Gasteiger partial charge is 0.493 e. The van der Waals surface area contributed by atoms with Crippen molar-refractivity contribution in [2.75, 3.05) is 27.8 Å². The standard InChI is InChI=1S/C20H32N4O3.HI/c1-8-9-15-10-14(11-16(26-6)18(15)27-7)12-22-19(21-5)23-13-17(25)24-20(2,3)4;/h8,10-11H,1,9,12-13H2,2-7H3,(H,24,25)(H2,21,22,23);1H. The molecular formula is C20H33IN4O3.